The molecule has 0 saturated carbocycles. The Bertz CT molecular complexity index is 506. The molecular formula is C15H18FNO3. The molecule has 0 saturated heterocycles. The van der Waals surface area contributed by atoms with E-state index in [9.17, 15) is 9.18 Å². The van der Waals surface area contributed by atoms with Crippen LogP contribution in [0, 0.1) is 17.7 Å². The zero-order chi connectivity index (χ0) is 14.8. The minimum Gasteiger partial charge on any atom is -0.385 e. The summed E-state index contributed by atoms with van der Waals surface area (Å²) >= 11 is 0. The number of nitrogens with one attached hydrogen (secondary N) is 1. The van der Waals surface area contributed by atoms with E-state index < -0.39 is 5.82 Å². The highest BCUT2D eigenvalue weighted by molar-refractivity contribution is 5.75. The lowest BCUT2D eigenvalue weighted by atomic mass is 10.1. The molecular weight excluding hydrogens is 261 g/mol. The summed E-state index contributed by atoms with van der Waals surface area (Å²) < 4.78 is 18.4. The fraction of sp³-hybridized carbons (Fsp3) is 0.400. The number of hydrogen-bond donors (Lipinski definition) is 2. The number of carbonyl (C=O) groups is 1. The molecule has 2 N–H and O–H groups in total. The summed E-state index contributed by atoms with van der Waals surface area (Å²) in [5, 5.41) is 11.3. The van der Waals surface area contributed by atoms with Gasteiger partial charge in [-0.05, 0) is 24.6 Å². The molecule has 0 heterocycles. The highest BCUT2D eigenvalue weighted by atomic mass is 19.1. The van der Waals surface area contributed by atoms with Gasteiger partial charge in [0.2, 0.25) is 5.91 Å². The number of ether oxygens (including phenoxy) is 1. The zero-order valence-corrected chi connectivity index (χ0v) is 11.4. The molecule has 1 aromatic carbocycles. The second-order valence-electron chi connectivity index (χ2n) is 4.14. The maximum absolute atomic E-state index is 13.6. The van der Waals surface area contributed by atoms with Crippen LogP contribution in [0.25, 0.3) is 0 Å². The molecule has 0 fully saturated rings. The summed E-state index contributed by atoms with van der Waals surface area (Å²) in [6.45, 7) is 0.392. The van der Waals surface area contributed by atoms with E-state index in [0.717, 1.165) is 0 Å². The number of aliphatic hydroxyl groups is 1. The fourth-order valence-electron chi connectivity index (χ4n) is 1.59. The largest absolute Gasteiger partial charge is 0.385 e. The predicted molar refractivity (Wildman–Crippen MR) is 73.3 cm³/mol. The Balaban J connectivity index is 2.56. The van der Waals surface area contributed by atoms with Crippen LogP contribution >= 0.6 is 0 Å². The lowest BCUT2D eigenvalue weighted by Gasteiger charge is -2.07. The van der Waals surface area contributed by atoms with Crippen molar-refractivity contribution in [3.63, 3.8) is 0 Å². The SMILES string of the molecule is COCCCC(=O)NCc1cc(C#CCO)ccc1F. The molecule has 0 aliphatic carbocycles. The van der Waals surface area contributed by atoms with Gasteiger partial charge >= 0.3 is 0 Å². The molecule has 0 unspecified atom stereocenters. The van der Waals surface area contributed by atoms with E-state index in [-0.39, 0.29) is 19.1 Å². The molecule has 5 heteroatoms. The minimum atomic E-state index is -0.392. The van der Waals surface area contributed by atoms with Crippen LogP contribution in [-0.4, -0.2) is 31.3 Å². The average molecular weight is 279 g/mol. The summed E-state index contributed by atoms with van der Waals surface area (Å²) in [4.78, 5) is 11.5. The molecule has 108 valence electrons. The van der Waals surface area contributed by atoms with Crippen molar-refractivity contribution in [2.45, 2.75) is 19.4 Å². The van der Waals surface area contributed by atoms with Crippen molar-refractivity contribution in [2.75, 3.05) is 20.3 Å². The van der Waals surface area contributed by atoms with Crippen molar-refractivity contribution in [3.05, 3.63) is 35.1 Å². The van der Waals surface area contributed by atoms with Crippen molar-refractivity contribution in [2.24, 2.45) is 0 Å². The first-order chi connectivity index (χ1) is 9.67. The summed E-state index contributed by atoms with van der Waals surface area (Å²) in [6, 6.07) is 4.39. The van der Waals surface area contributed by atoms with Crippen LogP contribution in [0.15, 0.2) is 18.2 Å². The standard InChI is InChI=1S/C15H18FNO3/c1-20-9-3-5-15(19)17-11-13-10-12(4-2-8-18)6-7-14(13)16/h6-7,10,18H,3,5,8-9,11H2,1H3,(H,17,19). The second-order valence-corrected chi connectivity index (χ2v) is 4.14. The molecule has 1 rings (SSSR count). The third kappa shape index (κ3) is 5.83. The van der Waals surface area contributed by atoms with Crippen LogP contribution in [0.1, 0.15) is 24.0 Å². The van der Waals surface area contributed by atoms with Gasteiger partial charge in [-0.25, -0.2) is 4.39 Å². The van der Waals surface area contributed by atoms with Gasteiger partial charge in [-0.1, -0.05) is 11.8 Å². The number of hydrogen-bond acceptors (Lipinski definition) is 3. The first-order valence-electron chi connectivity index (χ1n) is 6.31. The zero-order valence-electron chi connectivity index (χ0n) is 11.4. The molecule has 0 radical (unpaired) electrons. The third-order valence-corrected chi connectivity index (χ3v) is 2.59. The van der Waals surface area contributed by atoms with Gasteiger partial charge in [0.15, 0.2) is 0 Å². The monoisotopic (exact) mass is 279 g/mol. The van der Waals surface area contributed by atoms with Crippen LogP contribution in [0.5, 0.6) is 0 Å². The Morgan fingerprint density at radius 2 is 2.30 bits per heavy atom. The number of rotatable bonds is 6. The van der Waals surface area contributed by atoms with Crippen molar-refractivity contribution < 1.29 is 19.0 Å². The van der Waals surface area contributed by atoms with E-state index >= 15 is 0 Å². The maximum Gasteiger partial charge on any atom is 0.220 e. The molecule has 20 heavy (non-hydrogen) atoms. The van der Waals surface area contributed by atoms with Gasteiger partial charge < -0.3 is 15.2 Å². The lowest BCUT2D eigenvalue weighted by molar-refractivity contribution is -0.121. The van der Waals surface area contributed by atoms with E-state index in [2.05, 4.69) is 17.2 Å². The smallest absolute Gasteiger partial charge is 0.220 e. The van der Waals surface area contributed by atoms with Gasteiger partial charge in [-0.3, -0.25) is 4.79 Å². The summed E-state index contributed by atoms with van der Waals surface area (Å²) in [7, 11) is 1.58. The first kappa shape index (κ1) is 16.2. The van der Waals surface area contributed by atoms with Crippen molar-refractivity contribution >= 4 is 5.91 Å². The number of benzene rings is 1. The second kappa shape index (κ2) is 9.08. The Hall–Kier alpha value is -1.90. The van der Waals surface area contributed by atoms with Crippen LogP contribution in [0.3, 0.4) is 0 Å². The fourth-order valence-corrected chi connectivity index (χ4v) is 1.59. The molecule has 4 nitrogen and oxygen atoms in total. The van der Waals surface area contributed by atoms with Gasteiger partial charge in [0, 0.05) is 37.8 Å². The van der Waals surface area contributed by atoms with Gasteiger partial charge in [0.05, 0.1) is 0 Å². The van der Waals surface area contributed by atoms with Crippen molar-refractivity contribution in [1.29, 1.82) is 0 Å². The van der Waals surface area contributed by atoms with E-state index in [1.165, 1.54) is 12.1 Å². The normalized spacial score (nSPS) is 9.75. The Labute approximate surface area is 117 Å². The highest BCUT2D eigenvalue weighted by Gasteiger charge is 2.05. The van der Waals surface area contributed by atoms with Crippen molar-refractivity contribution in [1.82, 2.24) is 5.32 Å². The molecule has 0 atom stereocenters. The van der Waals surface area contributed by atoms with Crippen LogP contribution in [0.2, 0.25) is 0 Å². The topological polar surface area (TPSA) is 58.6 Å². The number of halogens is 1. The molecule has 1 aromatic rings. The quantitative estimate of drug-likeness (QED) is 0.608. The molecule has 0 aromatic heterocycles. The number of amides is 1. The maximum atomic E-state index is 13.6. The van der Waals surface area contributed by atoms with E-state index in [4.69, 9.17) is 9.84 Å². The minimum absolute atomic E-state index is 0.117. The predicted octanol–water partition coefficient (Wildman–Crippen LogP) is 1.21. The highest BCUT2D eigenvalue weighted by Crippen LogP contribution is 2.10. The summed E-state index contributed by atoms with van der Waals surface area (Å²) in [5.41, 5.74) is 0.971. The van der Waals surface area contributed by atoms with Gasteiger partial charge in [0.1, 0.15) is 12.4 Å². The molecule has 0 aliphatic rings. The summed E-state index contributed by atoms with van der Waals surface area (Å²) in [6.07, 6.45) is 0.978. The Kier molecular flexibility index (Phi) is 7.33. The molecule has 1 amide bonds. The first-order valence-corrected chi connectivity index (χ1v) is 6.31. The Morgan fingerprint density at radius 3 is 3.00 bits per heavy atom. The third-order valence-electron chi connectivity index (χ3n) is 2.59. The van der Waals surface area contributed by atoms with Crippen LogP contribution < -0.4 is 5.32 Å². The molecule has 0 spiro atoms. The van der Waals surface area contributed by atoms with Gasteiger partial charge in [0.25, 0.3) is 0 Å². The van der Waals surface area contributed by atoms with Crippen LogP contribution in [0.4, 0.5) is 4.39 Å². The van der Waals surface area contributed by atoms with Crippen LogP contribution in [-0.2, 0) is 16.1 Å². The van der Waals surface area contributed by atoms with E-state index in [0.29, 0.717) is 30.6 Å². The molecule has 0 bridgehead atoms. The van der Waals surface area contributed by atoms with Gasteiger partial charge in [-0.2, -0.15) is 0 Å². The number of methoxy groups -OCH3 is 1. The van der Waals surface area contributed by atoms with E-state index in [1.54, 1.807) is 13.2 Å². The van der Waals surface area contributed by atoms with E-state index in [1.807, 2.05) is 0 Å². The average Bonchev–Trinajstić information content (AvgIpc) is 2.45. The lowest BCUT2D eigenvalue weighted by Crippen LogP contribution is -2.23. The van der Waals surface area contributed by atoms with Gasteiger partial charge in [-0.15, -0.1) is 0 Å². The number of aliphatic hydroxyl groups excluding tert-OH is 1. The molecule has 0 aliphatic heterocycles. The Morgan fingerprint density at radius 1 is 1.50 bits per heavy atom. The van der Waals surface area contributed by atoms with Crippen molar-refractivity contribution in [3.8, 4) is 11.8 Å². The summed E-state index contributed by atoms with van der Waals surface area (Å²) in [5.74, 6) is 4.65. The number of carbonyl (C=O) groups excluding carboxylic acids is 1.